The van der Waals surface area contributed by atoms with Crippen LogP contribution in [0, 0.1) is 12.7 Å². The number of hydrogen-bond donors (Lipinski definition) is 1. The Morgan fingerprint density at radius 2 is 1.95 bits per heavy atom. The summed E-state index contributed by atoms with van der Waals surface area (Å²) in [5, 5.41) is 3.87. The highest BCUT2D eigenvalue weighted by Crippen LogP contribution is 2.25. The van der Waals surface area contributed by atoms with E-state index in [9.17, 15) is 4.39 Å². The van der Waals surface area contributed by atoms with Crippen LogP contribution in [0.15, 0.2) is 42.5 Å². The van der Waals surface area contributed by atoms with Gasteiger partial charge in [0.15, 0.2) is 0 Å². The van der Waals surface area contributed by atoms with Crippen LogP contribution in [0.1, 0.15) is 36.1 Å². The lowest BCUT2D eigenvalue weighted by Crippen LogP contribution is -2.25. The third-order valence-corrected chi connectivity index (χ3v) is 3.90. The van der Waals surface area contributed by atoms with Crippen LogP contribution in [0.3, 0.4) is 0 Å². The maximum atomic E-state index is 14.2. The topological polar surface area (TPSA) is 12.0 Å². The van der Waals surface area contributed by atoms with Gasteiger partial charge in [-0.25, -0.2) is 4.39 Å². The van der Waals surface area contributed by atoms with E-state index in [-0.39, 0.29) is 11.9 Å². The molecule has 1 atom stereocenters. The predicted octanol–water partition coefficient (Wildman–Crippen LogP) is 5.07. The Morgan fingerprint density at radius 3 is 2.62 bits per heavy atom. The van der Waals surface area contributed by atoms with Gasteiger partial charge in [0.25, 0.3) is 0 Å². The molecule has 0 saturated carbocycles. The van der Waals surface area contributed by atoms with Crippen molar-refractivity contribution >= 4 is 11.6 Å². The van der Waals surface area contributed by atoms with Crippen molar-refractivity contribution in [3.8, 4) is 0 Å². The van der Waals surface area contributed by atoms with Crippen LogP contribution in [-0.2, 0) is 6.42 Å². The molecule has 0 aromatic heterocycles. The Labute approximate surface area is 131 Å². The molecule has 3 heteroatoms. The van der Waals surface area contributed by atoms with E-state index in [2.05, 4.69) is 31.3 Å². The van der Waals surface area contributed by atoms with E-state index in [1.807, 2.05) is 12.1 Å². The number of nitrogens with one attached hydrogen (secondary N) is 1. The summed E-state index contributed by atoms with van der Waals surface area (Å²) in [7, 11) is 0. The lowest BCUT2D eigenvalue weighted by atomic mass is 9.95. The maximum Gasteiger partial charge on any atom is 0.129 e. The summed E-state index contributed by atoms with van der Waals surface area (Å²) in [6.07, 6.45) is 1.78. The minimum Gasteiger partial charge on any atom is -0.310 e. The monoisotopic (exact) mass is 305 g/mol. The second-order valence-corrected chi connectivity index (χ2v) is 5.74. The van der Waals surface area contributed by atoms with E-state index in [4.69, 9.17) is 11.6 Å². The van der Waals surface area contributed by atoms with E-state index < -0.39 is 0 Å². The van der Waals surface area contributed by atoms with Gasteiger partial charge in [-0.05, 0) is 49.6 Å². The van der Waals surface area contributed by atoms with E-state index in [1.54, 1.807) is 12.1 Å². The average Bonchev–Trinajstić information content (AvgIpc) is 2.46. The maximum absolute atomic E-state index is 14.2. The van der Waals surface area contributed by atoms with Crippen molar-refractivity contribution in [2.75, 3.05) is 6.54 Å². The minimum atomic E-state index is -0.246. The first-order chi connectivity index (χ1) is 10.1. The molecule has 112 valence electrons. The van der Waals surface area contributed by atoms with Crippen LogP contribution in [0.2, 0.25) is 5.02 Å². The predicted molar refractivity (Wildman–Crippen MR) is 87.3 cm³/mol. The second-order valence-electron chi connectivity index (χ2n) is 5.30. The molecule has 2 rings (SSSR count). The first-order valence-corrected chi connectivity index (χ1v) is 7.72. The fraction of sp³-hybridized carbons (Fsp3) is 0.333. The number of hydrogen-bond acceptors (Lipinski definition) is 1. The molecule has 0 aliphatic heterocycles. The van der Waals surface area contributed by atoms with Gasteiger partial charge in [-0.1, -0.05) is 48.9 Å². The van der Waals surface area contributed by atoms with Crippen molar-refractivity contribution in [2.24, 2.45) is 0 Å². The molecule has 0 saturated heterocycles. The van der Waals surface area contributed by atoms with E-state index in [0.717, 1.165) is 19.4 Å². The van der Waals surface area contributed by atoms with Gasteiger partial charge in [0.1, 0.15) is 5.82 Å². The van der Waals surface area contributed by atoms with Gasteiger partial charge >= 0.3 is 0 Å². The summed E-state index contributed by atoms with van der Waals surface area (Å²) in [6, 6.07) is 13.1. The number of rotatable bonds is 6. The summed E-state index contributed by atoms with van der Waals surface area (Å²) in [5.41, 5.74) is 3.15. The molecule has 0 aliphatic carbocycles. The summed E-state index contributed by atoms with van der Waals surface area (Å²) < 4.78 is 14.2. The highest BCUT2D eigenvalue weighted by molar-refractivity contribution is 6.30. The highest BCUT2D eigenvalue weighted by Gasteiger charge is 2.16. The zero-order chi connectivity index (χ0) is 15.2. The van der Waals surface area contributed by atoms with E-state index in [0.29, 0.717) is 10.6 Å². The van der Waals surface area contributed by atoms with Gasteiger partial charge in [-0.15, -0.1) is 0 Å². The highest BCUT2D eigenvalue weighted by atomic mass is 35.5. The minimum absolute atomic E-state index is 0.0386. The van der Waals surface area contributed by atoms with Crippen molar-refractivity contribution in [1.29, 1.82) is 0 Å². The number of aryl methyl sites for hydroxylation is 1. The molecule has 0 heterocycles. The number of halogens is 2. The lowest BCUT2D eigenvalue weighted by Gasteiger charge is -2.21. The molecule has 1 unspecified atom stereocenters. The lowest BCUT2D eigenvalue weighted by molar-refractivity contribution is 0.496. The first kappa shape index (κ1) is 16.0. The molecule has 21 heavy (non-hydrogen) atoms. The summed E-state index contributed by atoms with van der Waals surface area (Å²) in [6.45, 7) is 5.05. The number of benzene rings is 2. The molecule has 1 N–H and O–H groups in total. The largest absolute Gasteiger partial charge is 0.310 e. The van der Waals surface area contributed by atoms with Crippen molar-refractivity contribution in [1.82, 2.24) is 5.32 Å². The van der Waals surface area contributed by atoms with Crippen LogP contribution >= 0.6 is 11.6 Å². The third-order valence-electron chi connectivity index (χ3n) is 3.66. The van der Waals surface area contributed by atoms with Gasteiger partial charge in [0.2, 0.25) is 0 Å². The fourth-order valence-electron chi connectivity index (χ4n) is 2.45. The quantitative estimate of drug-likeness (QED) is 0.785. The Hall–Kier alpha value is -1.38. The summed E-state index contributed by atoms with van der Waals surface area (Å²) >= 11 is 5.85. The van der Waals surface area contributed by atoms with Crippen LogP contribution in [0.5, 0.6) is 0 Å². The standard InChI is InChI=1S/C18H21ClFN/c1-3-10-21-18(11-14-7-5-4-6-13(14)2)16-9-8-15(19)12-17(16)20/h4-9,12,18,21H,3,10-11H2,1-2H3. The summed E-state index contributed by atoms with van der Waals surface area (Å²) in [4.78, 5) is 0. The molecule has 0 spiro atoms. The van der Waals surface area contributed by atoms with Crippen LogP contribution in [-0.4, -0.2) is 6.54 Å². The molecule has 0 bridgehead atoms. The van der Waals surface area contributed by atoms with Gasteiger partial charge < -0.3 is 5.32 Å². The van der Waals surface area contributed by atoms with Gasteiger partial charge in [0.05, 0.1) is 0 Å². The first-order valence-electron chi connectivity index (χ1n) is 7.34. The fourth-order valence-corrected chi connectivity index (χ4v) is 2.61. The molecule has 0 aliphatic rings. The van der Waals surface area contributed by atoms with Gasteiger partial charge in [0, 0.05) is 16.6 Å². The molecule has 1 nitrogen and oxygen atoms in total. The molecule has 0 amide bonds. The molecule has 0 radical (unpaired) electrons. The van der Waals surface area contributed by atoms with Crippen LogP contribution in [0.4, 0.5) is 4.39 Å². The van der Waals surface area contributed by atoms with E-state index in [1.165, 1.54) is 17.2 Å². The van der Waals surface area contributed by atoms with E-state index >= 15 is 0 Å². The Balaban J connectivity index is 2.27. The molecule has 0 fully saturated rings. The van der Waals surface area contributed by atoms with Crippen molar-refractivity contribution in [3.05, 3.63) is 70.0 Å². The van der Waals surface area contributed by atoms with Crippen molar-refractivity contribution in [3.63, 3.8) is 0 Å². The molecule has 2 aromatic rings. The van der Waals surface area contributed by atoms with Crippen LogP contribution in [0.25, 0.3) is 0 Å². The third kappa shape index (κ3) is 4.29. The SMILES string of the molecule is CCCNC(Cc1ccccc1C)c1ccc(Cl)cc1F. The van der Waals surface area contributed by atoms with Gasteiger partial charge in [-0.3, -0.25) is 0 Å². The van der Waals surface area contributed by atoms with Crippen LogP contribution < -0.4 is 5.32 Å². The second kappa shape index (κ2) is 7.58. The molecular weight excluding hydrogens is 285 g/mol. The smallest absolute Gasteiger partial charge is 0.129 e. The zero-order valence-electron chi connectivity index (χ0n) is 12.5. The zero-order valence-corrected chi connectivity index (χ0v) is 13.3. The van der Waals surface area contributed by atoms with Gasteiger partial charge in [-0.2, -0.15) is 0 Å². The normalized spacial score (nSPS) is 12.4. The Morgan fingerprint density at radius 1 is 1.19 bits per heavy atom. The molecule has 2 aromatic carbocycles. The Bertz CT molecular complexity index is 598. The molecular formula is C18H21ClFN. The van der Waals surface area contributed by atoms with Crippen molar-refractivity contribution in [2.45, 2.75) is 32.7 Å². The summed E-state index contributed by atoms with van der Waals surface area (Å²) in [5.74, 6) is -0.246. The average molecular weight is 306 g/mol. The Kier molecular flexibility index (Phi) is 5.77. The van der Waals surface area contributed by atoms with Crippen molar-refractivity contribution < 1.29 is 4.39 Å².